The molecule has 0 aliphatic heterocycles. The van der Waals surface area contributed by atoms with E-state index in [0.29, 0.717) is 11.4 Å². The fourth-order valence-electron chi connectivity index (χ4n) is 1.51. The zero-order chi connectivity index (χ0) is 15.1. The highest BCUT2D eigenvalue weighted by atomic mass is 35.5. The van der Waals surface area contributed by atoms with Crippen LogP contribution in [0.3, 0.4) is 0 Å². The number of sulfonamides is 1. The van der Waals surface area contributed by atoms with Crippen molar-refractivity contribution < 1.29 is 8.42 Å². The molecule has 9 heteroatoms. The monoisotopic (exact) mass is 353 g/mol. The van der Waals surface area contributed by atoms with Gasteiger partial charge in [-0.25, -0.2) is 8.42 Å². The SMILES string of the molecule is Cc1c(NS(=O)(=O)c2cc(Cl)c(Cl)cc2Cl)cnn1C. The van der Waals surface area contributed by atoms with Crippen molar-refractivity contribution in [3.05, 3.63) is 39.1 Å². The average Bonchev–Trinajstić information content (AvgIpc) is 2.65. The van der Waals surface area contributed by atoms with Gasteiger partial charge in [-0.15, -0.1) is 0 Å². The highest BCUT2D eigenvalue weighted by Gasteiger charge is 2.21. The molecular weight excluding hydrogens is 345 g/mol. The Kier molecular flexibility index (Phi) is 4.20. The fraction of sp³-hybridized carbons (Fsp3) is 0.182. The van der Waals surface area contributed by atoms with E-state index in [2.05, 4.69) is 9.82 Å². The minimum absolute atomic E-state index is 0.00607. The van der Waals surface area contributed by atoms with Crippen molar-refractivity contribution in [2.24, 2.45) is 7.05 Å². The van der Waals surface area contributed by atoms with Gasteiger partial charge in [0.05, 0.1) is 32.6 Å². The number of anilines is 1. The first-order valence-electron chi connectivity index (χ1n) is 5.38. The predicted molar refractivity (Wildman–Crippen MR) is 80.2 cm³/mol. The Hall–Kier alpha value is -0.950. The second-order valence-electron chi connectivity index (χ2n) is 4.07. The molecule has 0 radical (unpaired) electrons. The molecule has 2 aromatic rings. The largest absolute Gasteiger partial charge is 0.276 e. The van der Waals surface area contributed by atoms with Gasteiger partial charge in [-0.1, -0.05) is 34.8 Å². The Bertz CT molecular complexity index is 771. The number of nitrogens with one attached hydrogen (secondary N) is 1. The molecule has 0 aliphatic rings. The van der Waals surface area contributed by atoms with Crippen molar-refractivity contribution in [3.63, 3.8) is 0 Å². The van der Waals surface area contributed by atoms with Crippen molar-refractivity contribution in [3.8, 4) is 0 Å². The molecule has 2 rings (SSSR count). The first-order chi connectivity index (χ1) is 9.22. The van der Waals surface area contributed by atoms with E-state index in [1.807, 2.05) is 0 Å². The summed E-state index contributed by atoms with van der Waals surface area (Å²) in [7, 11) is -2.16. The van der Waals surface area contributed by atoms with Crippen molar-refractivity contribution in [2.75, 3.05) is 4.72 Å². The van der Waals surface area contributed by atoms with Crippen molar-refractivity contribution in [2.45, 2.75) is 11.8 Å². The van der Waals surface area contributed by atoms with Gasteiger partial charge < -0.3 is 0 Å². The van der Waals surface area contributed by atoms with Crippen LogP contribution in [-0.2, 0) is 17.1 Å². The number of aryl methyl sites for hydroxylation is 1. The highest BCUT2D eigenvalue weighted by Crippen LogP contribution is 2.32. The smallest absolute Gasteiger partial charge is 0.263 e. The fourth-order valence-corrected chi connectivity index (χ4v) is 3.61. The summed E-state index contributed by atoms with van der Waals surface area (Å²) >= 11 is 17.5. The van der Waals surface area contributed by atoms with Gasteiger partial charge in [0, 0.05) is 7.05 Å². The summed E-state index contributed by atoms with van der Waals surface area (Å²) < 4.78 is 28.6. The van der Waals surface area contributed by atoms with E-state index >= 15 is 0 Å². The molecule has 0 aliphatic carbocycles. The number of hydrogen-bond donors (Lipinski definition) is 1. The topological polar surface area (TPSA) is 64.0 Å². The standard InChI is InChI=1S/C11H10Cl3N3O2S/c1-6-10(5-15-17(6)2)16-20(18,19)11-4-8(13)7(12)3-9(11)14/h3-5,16H,1-2H3. The Labute approximate surface area is 131 Å². The van der Waals surface area contributed by atoms with Gasteiger partial charge in [-0.3, -0.25) is 9.40 Å². The Morgan fingerprint density at radius 3 is 2.30 bits per heavy atom. The summed E-state index contributed by atoms with van der Waals surface area (Å²) in [4.78, 5) is -0.142. The Morgan fingerprint density at radius 1 is 1.15 bits per heavy atom. The van der Waals surface area contributed by atoms with Gasteiger partial charge >= 0.3 is 0 Å². The predicted octanol–water partition coefficient (Wildman–Crippen LogP) is 3.49. The molecule has 0 bridgehead atoms. The summed E-state index contributed by atoms with van der Waals surface area (Å²) in [5.41, 5.74) is 1.04. The maximum atomic E-state index is 12.3. The summed E-state index contributed by atoms with van der Waals surface area (Å²) in [5.74, 6) is 0. The second-order valence-corrected chi connectivity index (χ2v) is 6.94. The van der Waals surface area contributed by atoms with E-state index in [1.165, 1.54) is 18.3 Å². The Balaban J connectivity index is 2.46. The van der Waals surface area contributed by atoms with Gasteiger partial charge in [0.25, 0.3) is 10.0 Å². The number of benzene rings is 1. The normalized spacial score (nSPS) is 11.7. The van der Waals surface area contributed by atoms with Crippen LogP contribution in [0.2, 0.25) is 15.1 Å². The molecule has 1 aromatic carbocycles. The van der Waals surface area contributed by atoms with Crippen molar-refractivity contribution >= 4 is 50.5 Å². The summed E-state index contributed by atoms with van der Waals surface area (Å²) in [6.07, 6.45) is 1.41. The van der Waals surface area contributed by atoms with Crippen LogP contribution in [0.25, 0.3) is 0 Å². The van der Waals surface area contributed by atoms with Crippen LogP contribution < -0.4 is 4.72 Å². The first-order valence-corrected chi connectivity index (χ1v) is 8.00. The van der Waals surface area contributed by atoms with Gasteiger partial charge in [0.1, 0.15) is 4.90 Å². The maximum Gasteiger partial charge on any atom is 0.263 e. The number of hydrogen-bond acceptors (Lipinski definition) is 3. The number of aromatic nitrogens is 2. The summed E-state index contributed by atoms with van der Waals surface area (Å²) in [5, 5.41) is 4.25. The molecule has 1 aromatic heterocycles. The quantitative estimate of drug-likeness (QED) is 0.858. The Morgan fingerprint density at radius 2 is 1.75 bits per heavy atom. The average molecular weight is 355 g/mol. The number of nitrogens with zero attached hydrogens (tertiary/aromatic N) is 2. The van der Waals surface area contributed by atoms with Crippen LogP contribution in [-0.4, -0.2) is 18.2 Å². The minimum atomic E-state index is -3.87. The van der Waals surface area contributed by atoms with Crippen LogP contribution >= 0.6 is 34.8 Å². The van der Waals surface area contributed by atoms with Crippen LogP contribution in [0.1, 0.15) is 5.69 Å². The highest BCUT2D eigenvalue weighted by molar-refractivity contribution is 7.92. The molecule has 5 nitrogen and oxygen atoms in total. The van der Waals surface area contributed by atoms with E-state index in [4.69, 9.17) is 34.8 Å². The molecule has 20 heavy (non-hydrogen) atoms. The van der Waals surface area contributed by atoms with E-state index in [9.17, 15) is 8.42 Å². The zero-order valence-corrected chi connectivity index (χ0v) is 13.6. The lowest BCUT2D eigenvalue weighted by Gasteiger charge is -2.10. The number of halogens is 3. The third-order valence-corrected chi connectivity index (χ3v) is 5.30. The molecular formula is C11H10Cl3N3O2S. The molecule has 0 amide bonds. The van der Waals surface area contributed by atoms with Gasteiger partial charge in [0.15, 0.2) is 0 Å². The van der Waals surface area contributed by atoms with E-state index in [1.54, 1.807) is 18.7 Å². The first kappa shape index (κ1) is 15.4. The lowest BCUT2D eigenvalue weighted by atomic mass is 10.4. The summed E-state index contributed by atoms with van der Waals surface area (Å²) in [6, 6.07) is 2.50. The molecule has 0 spiro atoms. The lowest BCUT2D eigenvalue weighted by Crippen LogP contribution is -2.14. The van der Waals surface area contributed by atoms with E-state index in [-0.39, 0.29) is 20.0 Å². The molecule has 1 N–H and O–H groups in total. The van der Waals surface area contributed by atoms with Crippen LogP contribution in [0.5, 0.6) is 0 Å². The molecule has 0 atom stereocenters. The van der Waals surface area contributed by atoms with Crippen molar-refractivity contribution in [1.29, 1.82) is 0 Å². The minimum Gasteiger partial charge on any atom is -0.276 e. The van der Waals surface area contributed by atoms with Crippen LogP contribution in [0.4, 0.5) is 5.69 Å². The zero-order valence-electron chi connectivity index (χ0n) is 10.5. The third-order valence-electron chi connectivity index (χ3n) is 2.74. The van der Waals surface area contributed by atoms with E-state index in [0.717, 1.165) is 0 Å². The number of rotatable bonds is 3. The second kappa shape index (κ2) is 5.44. The molecule has 1 heterocycles. The summed E-state index contributed by atoms with van der Waals surface area (Å²) in [6.45, 7) is 1.74. The molecule has 0 unspecified atom stereocenters. The van der Waals surface area contributed by atoms with Crippen molar-refractivity contribution in [1.82, 2.24) is 9.78 Å². The molecule has 0 saturated carbocycles. The van der Waals surface area contributed by atoms with Gasteiger partial charge in [0.2, 0.25) is 0 Å². The molecule has 108 valence electrons. The lowest BCUT2D eigenvalue weighted by molar-refractivity contribution is 0.601. The van der Waals surface area contributed by atoms with E-state index < -0.39 is 10.0 Å². The third kappa shape index (κ3) is 2.88. The maximum absolute atomic E-state index is 12.3. The van der Waals surface area contributed by atoms with Gasteiger partial charge in [-0.05, 0) is 19.1 Å². The van der Waals surface area contributed by atoms with Gasteiger partial charge in [-0.2, -0.15) is 5.10 Å². The molecule has 0 fully saturated rings. The van der Waals surface area contributed by atoms with Crippen LogP contribution in [0.15, 0.2) is 23.2 Å². The van der Waals surface area contributed by atoms with Crippen LogP contribution in [0, 0.1) is 6.92 Å². The molecule has 0 saturated heterocycles.